The molecule has 0 unspecified atom stereocenters. The molecule has 0 atom stereocenters. The molecule has 0 saturated heterocycles. The molecular formula is C8H9N3O2. The van der Waals surface area contributed by atoms with Crippen LogP contribution in [0.4, 0.5) is 0 Å². The van der Waals surface area contributed by atoms with Crippen molar-refractivity contribution in [3.63, 3.8) is 0 Å². The molecule has 0 saturated carbocycles. The molecule has 1 heterocycles. The van der Waals surface area contributed by atoms with E-state index in [1.807, 2.05) is 6.07 Å². The first-order valence-electron chi connectivity index (χ1n) is 3.41. The molecule has 0 fully saturated rings. The third-order valence-electron chi connectivity index (χ3n) is 0.857. The highest BCUT2D eigenvalue weighted by Gasteiger charge is 1.81. The summed E-state index contributed by atoms with van der Waals surface area (Å²) in [5.41, 5.74) is 0.844. The minimum absolute atomic E-state index is 0.833. The van der Waals surface area contributed by atoms with Gasteiger partial charge in [-0.05, 0) is 6.08 Å². The predicted octanol–water partition coefficient (Wildman–Crippen LogP) is 1.04. The number of aliphatic carboxylic acids is 1. The van der Waals surface area contributed by atoms with E-state index in [4.69, 9.17) is 15.2 Å². The van der Waals surface area contributed by atoms with Gasteiger partial charge in [0.15, 0.2) is 0 Å². The van der Waals surface area contributed by atoms with E-state index in [0.717, 1.165) is 12.6 Å². The largest absolute Gasteiger partial charge is 0.481 e. The number of nitrogens with one attached hydrogen (secondary N) is 1. The second-order valence-corrected chi connectivity index (χ2v) is 1.99. The Morgan fingerprint density at radius 3 is 2.85 bits per heavy atom. The smallest absolute Gasteiger partial charge is 0.300 e. The van der Waals surface area contributed by atoms with E-state index in [2.05, 4.69) is 9.97 Å². The molecule has 0 aliphatic heterocycles. The number of carbonyl (C=O) groups is 1. The highest BCUT2D eigenvalue weighted by atomic mass is 16.4. The average Bonchev–Trinajstić information content (AvgIpc) is 2.51. The van der Waals surface area contributed by atoms with Crippen molar-refractivity contribution in [3.05, 3.63) is 24.3 Å². The minimum Gasteiger partial charge on any atom is -0.481 e. The van der Waals surface area contributed by atoms with Crippen LogP contribution in [0.1, 0.15) is 12.6 Å². The van der Waals surface area contributed by atoms with Crippen molar-refractivity contribution < 1.29 is 9.90 Å². The third-order valence-corrected chi connectivity index (χ3v) is 0.857. The number of carboxylic acids is 1. The molecule has 68 valence electrons. The number of hydrogen-bond donors (Lipinski definition) is 2. The summed E-state index contributed by atoms with van der Waals surface area (Å²) in [5.74, 6) is -0.833. The highest BCUT2D eigenvalue weighted by Crippen LogP contribution is 1.91. The molecule has 0 aliphatic carbocycles. The number of rotatable bonds is 1. The van der Waals surface area contributed by atoms with Gasteiger partial charge in [-0.1, -0.05) is 0 Å². The van der Waals surface area contributed by atoms with Crippen molar-refractivity contribution >= 4 is 12.0 Å². The lowest BCUT2D eigenvalue weighted by molar-refractivity contribution is -0.134. The summed E-state index contributed by atoms with van der Waals surface area (Å²) in [6.45, 7) is 1.08. The van der Waals surface area contributed by atoms with E-state index in [0.29, 0.717) is 0 Å². The molecule has 1 aromatic rings. The number of imidazole rings is 1. The van der Waals surface area contributed by atoms with Crippen LogP contribution in [0.5, 0.6) is 0 Å². The number of carboxylic acid groups (broad SMARTS) is 1. The summed E-state index contributed by atoms with van der Waals surface area (Å²) < 4.78 is 0. The van der Waals surface area contributed by atoms with Crippen LogP contribution in [0.2, 0.25) is 0 Å². The number of hydrogen-bond acceptors (Lipinski definition) is 3. The molecule has 0 bridgehead atoms. The van der Waals surface area contributed by atoms with Crippen molar-refractivity contribution in [2.75, 3.05) is 0 Å². The Balaban J connectivity index is 0.000000310. The van der Waals surface area contributed by atoms with Gasteiger partial charge in [-0.25, -0.2) is 4.98 Å². The quantitative estimate of drug-likeness (QED) is 0.630. The molecule has 5 heteroatoms. The lowest BCUT2D eigenvalue weighted by Gasteiger charge is -1.74. The van der Waals surface area contributed by atoms with Gasteiger partial charge in [0.2, 0.25) is 0 Å². The van der Waals surface area contributed by atoms with Crippen molar-refractivity contribution in [1.29, 1.82) is 5.26 Å². The summed E-state index contributed by atoms with van der Waals surface area (Å²) in [4.78, 5) is 15.6. The van der Waals surface area contributed by atoms with Crippen LogP contribution < -0.4 is 0 Å². The van der Waals surface area contributed by atoms with Gasteiger partial charge in [-0.2, -0.15) is 5.26 Å². The zero-order chi connectivity index (χ0) is 10.1. The molecule has 13 heavy (non-hydrogen) atoms. The van der Waals surface area contributed by atoms with Crippen LogP contribution in [0.3, 0.4) is 0 Å². The van der Waals surface area contributed by atoms with E-state index in [1.54, 1.807) is 18.6 Å². The van der Waals surface area contributed by atoms with Gasteiger partial charge < -0.3 is 10.1 Å². The Kier molecular flexibility index (Phi) is 5.55. The van der Waals surface area contributed by atoms with Gasteiger partial charge in [0.25, 0.3) is 5.97 Å². The van der Waals surface area contributed by atoms with E-state index >= 15 is 0 Å². The molecule has 5 nitrogen and oxygen atoms in total. The number of nitrogens with zero attached hydrogens (tertiary/aromatic N) is 2. The molecule has 1 aromatic heterocycles. The Morgan fingerprint density at radius 2 is 2.46 bits per heavy atom. The summed E-state index contributed by atoms with van der Waals surface area (Å²) in [5, 5.41) is 15.5. The number of H-pyrrole nitrogens is 1. The summed E-state index contributed by atoms with van der Waals surface area (Å²) in [6.07, 6.45) is 6.27. The van der Waals surface area contributed by atoms with Crippen molar-refractivity contribution in [1.82, 2.24) is 9.97 Å². The normalized spacial score (nSPS) is 8.62. The van der Waals surface area contributed by atoms with Crippen LogP contribution in [0.15, 0.2) is 18.6 Å². The fourth-order valence-electron chi connectivity index (χ4n) is 0.485. The van der Waals surface area contributed by atoms with Crippen LogP contribution in [0.25, 0.3) is 6.08 Å². The average molecular weight is 179 g/mol. The molecule has 0 aliphatic rings. The molecule has 0 aromatic carbocycles. The fraction of sp³-hybridized carbons (Fsp3) is 0.125. The van der Waals surface area contributed by atoms with E-state index in [1.165, 1.54) is 6.08 Å². The molecule has 0 amide bonds. The molecule has 1 rings (SSSR count). The first-order chi connectivity index (χ1) is 6.16. The maximum atomic E-state index is 9.00. The standard InChI is InChI=1S/C6H5N3.C2H4O2/c7-3-1-2-6-4-8-5-9-6;1-2(3)4/h1-2,4-5H,(H,8,9);1H3,(H,3,4). The van der Waals surface area contributed by atoms with Crippen LogP contribution >= 0.6 is 0 Å². The lowest BCUT2D eigenvalue weighted by atomic mass is 10.4. The molecule has 0 radical (unpaired) electrons. The third kappa shape index (κ3) is 7.81. The SMILES string of the molecule is CC(=O)O.N#CC=Cc1cnc[nH]1. The lowest BCUT2D eigenvalue weighted by Crippen LogP contribution is -1.78. The summed E-state index contributed by atoms with van der Waals surface area (Å²) >= 11 is 0. The van der Waals surface area contributed by atoms with Gasteiger partial charge in [0, 0.05) is 13.0 Å². The topological polar surface area (TPSA) is 89.8 Å². The van der Waals surface area contributed by atoms with E-state index in [-0.39, 0.29) is 0 Å². The van der Waals surface area contributed by atoms with E-state index < -0.39 is 5.97 Å². The van der Waals surface area contributed by atoms with Crippen LogP contribution in [0, 0.1) is 11.3 Å². The van der Waals surface area contributed by atoms with Gasteiger partial charge in [0.1, 0.15) is 0 Å². The van der Waals surface area contributed by atoms with Crippen LogP contribution in [-0.4, -0.2) is 21.0 Å². The van der Waals surface area contributed by atoms with Crippen molar-refractivity contribution in [2.24, 2.45) is 0 Å². The maximum absolute atomic E-state index is 9.00. The Morgan fingerprint density at radius 1 is 1.85 bits per heavy atom. The highest BCUT2D eigenvalue weighted by molar-refractivity contribution is 5.62. The van der Waals surface area contributed by atoms with Crippen molar-refractivity contribution in [3.8, 4) is 6.07 Å². The summed E-state index contributed by atoms with van der Waals surface area (Å²) in [7, 11) is 0. The predicted molar refractivity (Wildman–Crippen MR) is 46.5 cm³/mol. The maximum Gasteiger partial charge on any atom is 0.300 e. The molecule has 0 spiro atoms. The fourth-order valence-corrected chi connectivity index (χ4v) is 0.485. The minimum atomic E-state index is -0.833. The van der Waals surface area contributed by atoms with Gasteiger partial charge in [-0.15, -0.1) is 0 Å². The monoisotopic (exact) mass is 179 g/mol. The van der Waals surface area contributed by atoms with Crippen LogP contribution in [-0.2, 0) is 4.79 Å². The summed E-state index contributed by atoms with van der Waals surface area (Å²) in [6, 6.07) is 1.88. The van der Waals surface area contributed by atoms with E-state index in [9.17, 15) is 0 Å². The second kappa shape index (κ2) is 6.61. The van der Waals surface area contributed by atoms with Crippen molar-refractivity contribution in [2.45, 2.75) is 6.92 Å². The zero-order valence-corrected chi connectivity index (χ0v) is 7.06. The second-order valence-electron chi connectivity index (χ2n) is 1.99. The first-order valence-corrected chi connectivity index (χ1v) is 3.41. The Hall–Kier alpha value is -2.09. The molecule has 2 N–H and O–H groups in total. The number of allylic oxidation sites excluding steroid dienone is 1. The number of aromatic nitrogens is 2. The molecular weight excluding hydrogens is 170 g/mol. The van der Waals surface area contributed by atoms with Gasteiger partial charge in [0.05, 0.1) is 24.3 Å². The number of nitriles is 1. The Bertz CT molecular complexity index is 305. The van der Waals surface area contributed by atoms with Gasteiger partial charge >= 0.3 is 0 Å². The van der Waals surface area contributed by atoms with Gasteiger partial charge in [-0.3, -0.25) is 4.79 Å². The Labute approximate surface area is 75.3 Å². The number of aromatic amines is 1. The zero-order valence-electron chi connectivity index (χ0n) is 7.06. The first kappa shape index (κ1) is 10.9.